The highest BCUT2D eigenvalue weighted by Gasteiger charge is 2.06. The van der Waals surface area contributed by atoms with Gasteiger partial charge < -0.3 is 20.5 Å². The van der Waals surface area contributed by atoms with E-state index in [0.29, 0.717) is 19.5 Å². The van der Waals surface area contributed by atoms with Crippen molar-refractivity contribution in [2.24, 2.45) is 4.99 Å². The second kappa shape index (κ2) is 13.4. The van der Waals surface area contributed by atoms with Gasteiger partial charge in [0, 0.05) is 39.1 Å². The molecule has 2 aromatic rings. The number of rotatable bonds is 10. The highest BCUT2D eigenvalue weighted by Crippen LogP contribution is 2.15. The molecule has 2 rings (SSSR count). The second-order valence-corrected chi connectivity index (χ2v) is 6.44. The number of guanidine groups is 1. The number of carbonyl (C=O) groups is 1. The Kier molecular flexibility index (Phi) is 11.5. The van der Waals surface area contributed by atoms with Crippen molar-refractivity contribution in [3.8, 4) is 0 Å². The Balaban J connectivity index is 0.00000392. The minimum Gasteiger partial charge on any atom is -0.357 e. The summed E-state index contributed by atoms with van der Waals surface area (Å²) in [6.07, 6.45) is 2.33. The van der Waals surface area contributed by atoms with E-state index in [2.05, 4.69) is 36.6 Å². The first-order valence-corrected chi connectivity index (χ1v) is 9.86. The van der Waals surface area contributed by atoms with Gasteiger partial charge in [-0.25, -0.2) is 4.98 Å². The SMILES string of the molecule is CCCNC(=O)CCNC(=NCCCn1c(C)nc2ccccc21)NCC.I. The Morgan fingerprint density at radius 1 is 1.14 bits per heavy atom. The number of hydrogen-bond donors (Lipinski definition) is 3. The predicted molar refractivity (Wildman–Crippen MR) is 126 cm³/mol. The summed E-state index contributed by atoms with van der Waals surface area (Å²) in [5.41, 5.74) is 2.21. The van der Waals surface area contributed by atoms with Crippen LogP contribution in [0.5, 0.6) is 0 Å². The van der Waals surface area contributed by atoms with E-state index in [4.69, 9.17) is 0 Å². The average molecular weight is 500 g/mol. The van der Waals surface area contributed by atoms with Gasteiger partial charge in [-0.15, -0.1) is 24.0 Å². The van der Waals surface area contributed by atoms with E-state index in [-0.39, 0.29) is 29.9 Å². The lowest BCUT2D eigenvalue weighted by atomic mass is 10.3. The lowest BCUT2D eigenvalue weighted by Crippen LogP contribution is -2.39. The van der Waals surface area contributed by atoms with Gasteiger partial charge in [-0.3, -0.25) is 9.79 Å². The van der Waals surface area contributed by atoms with Gasteiger partial charge in [0.05, 0.1) is 11.0 Å². The van der Waals surface area contributed by atoms with Crippen LogP contribution >= 0.6 is 24.0 Å². The summed E-state index contributed by atoms with van der Waals surface area (Å²) in [4.78, 5) is 20.9. The number of aromatic nitrogens is 2. The third-order valence-electron chi connectivity index (χ3n) is 4.22. The minimum atomic E-state index is 0. The molecular formula is C20H33IN6O. The van der Waals surface area contributed by atoms with Crippen molar-refractivity contribution in [3.63, 3.8) is 0 Å². The van der Waals surface area contributed by atoms with Crippen LogP contribution in [0.4, 0.5) is 0 Å². The van der Waals surface area contributed by atoms with Crippen LogP contribution < -0.4 is 16.0 Å². The van der Waals surface area contributed by atoms with Crippen LogP contribution in [0.2, 0.25) is 0 Å². The number of aliphatic imine (C=N–C) groups is 1. The van der Waals surface area contributed by atoms with E-state index < -0.39 is 0 Å². The maximum Gasteiger partial charge on any atom is 0.221 e. The Hall–Kier alpha value is -1.84. The van der Waals surface area contributed by atoms with Crippen molar-refractivity contribution in [2.45, 2.75) is 46.6 Å². The number of hydrogen-bond acceptors (Lipinski definition) is 3. The van der Waals surface area contributed by atoms with Crippen molar-refractivity contribution >= 4 is 46.9 Å². The van der Waals surface area contributed by atoms with E-state index in [9.17, 15) is 4.79 Å². The number of para-hydroxylation sites is 2. The molecule has 0 aliphatic heterocycles. The summed E-state index contributed by atoms with van der Waals surface area (Å²) >= 11 is 0. The monoisotopic (exact) mass is 500 g/mol. The zero-order chi connectivity index (χ0) is 19.5. The number of fused-ring (bicyclic) bond motifs is 1. The summed E-state index contributed by atoms with van der Waals surface area (Å²) in [5.74, 6) is 1.86. The topological polar surface area (TPSA) is 83.3 Å². The van der Waals surface area contributed by atoms with Gasteiger partial charge >= 0.3 is 0 Å². The number of nitrogens with one attached hydrogen (secondary N) is 3. The zero-order valence-electron chi connectivity index (χ0n) is 17.1. The van der Waals surface area contributed by atoms with Gasteiger partial charge in [-0.1, -0.05) is 19.1 Å². The summed E-state index contributed by atoms with van der Waals surface area (Å²) in [5, 5.41) is 9.32. The zero-order valence-corrected chi connectivity index (χ0v) is 19.5. The van der Waals surface area contributed by atoms with Crippen molar-refractivity contribution in [3.05, 3.63) is 30.1 Å². The van der Waals surface area contributed by atoms with Gasteiger partial charge in [-0.2, -0.15) is 0 Å². The molecule has 156 valence electrons. The maximum absolute atomic E-state index is 11.7. The molecule has 8 heteroatoms. The number of benzene rings is 1. The van der Waals surface area contributed by atoms with Gasteiger partial charge in [0.15, 0.2) is 5.96 Å². The summed E-state index contributed by atoms with van der Waals surface area (Å²) in [6, 6.07) is 8.21. The molecule has 1 amide bonds. The fourth-order valence-corrected chi connectivity index (χ4v) is 2.89. The van der Waals surface area contributed by atoms with Crippen LogP contribution in [-0.2, 0) is 11.3 Å². The quantitative estimate of drug-likeness (QED) is 0.203. The minimum absolute atomic E-state index is 0. The summed E-state index contributed by atoms with van der Waals surface area (Å²) in [7, 11) is 0. The van der Waals surface area contributed by atoms with Crippen molar-refractivity contribution in [1.29, 1.82) is 0 Å². The van der Waals surface area contributed by atoms with E-state index >= 15 is 0 Å². The molecule has 7 nitrogen and oxygen atoms in total. The molecule has 28 heavy (non-hydrogen) atoms. The molecule has 0 aliphatic carbocycles. The van der Waals surface area contributed by atoms with Crippen LogP contribution in [0.15, 0.2) is 29.3 Å². The lowest BCUT2D eigenvalue weighted by Gasteiger charge is -2.11. The largest absolute Gasteiger partial charge is 0.357 e. The summed E-state index contributed by atoms with van der Waals surface area (Å²) < 4.78 is 2.24. The molecular weight excluding hydrogens is 467 g/mol. The standard InChI is InChI=1S/C20H32N6O.HI/c1-4-12-22-19(27)11-14-24-20(21-5-2)23-13-8-15-26-16(3)25-17-9-6-7-10-18(17)26;/h6-7,9-10H,4-5,8,11-15H2,1-3H3,(H,22,27)(H2,21,23,24);1H. The number of nitrogens with zero attached hydrogens (tertiary/aromatic N) is 3. The van der Waals surface area contributed by atoms with Crippen LogP contribution in [0.1, 0.15) is 38.9 Å². The van der Waals surface area contributed by atoms with Gasteiger partial charge in [0.25, 0.3) is 0 Å². The Morgan fingerprint density at radius 3 is 2.68 bits per heavy atom. The number of aryl methyl sites for hydroxylation is 2. The number of carbonyl (C=O) groups excluding carboxylic acids is 1. The van der Waals surface area contributed by atoms with Crippen molar-refractivity contribution < 1.29 is 4.79 Å². The highest BCUT2D eigenvalue weighted by atomic mass is 127. The summed E-state index contributed by atoms with van der Waals surface area (Å²) in [6.45, 7) is 9.81. The highest BCUT2D eigenvalue weighted by molar-refractivity contribution is 14.0. The van der Waals surface area contributed by atoms with Crippen LogP contribution in [0.25, 0.3) is 11.0 Å². The van der Waals surface area contributed by atoms with E-state index in [0.717, 1.165) is 49.8 Å². The number of imidazole rings is 1. The Morgan fingerprint density at radius 2 is 1.93 bits per heavy atom. The van der Waals surface area contributed by atoms with Crippen LogP contribution in [-0.4, -0.2) is 47.6 Å². The molecule has 0 atom stereocenters. The van der Waals surface area contributed by atoms with Crippen LogP contribution in [0, 0.1) is 6.92 Å². The molecule has 0 saturated carbocycles. The molecule has 0 radical (unpaired) electrons. The molecule has 0 bridgehead atoms. The van der Waals surface area contributed by atoms with Crippen LogP contribution in [0.3, 0.4) is 0 Å². The molecule has 1 heterocycles. The first kappa shape index (κ1) is 24.2. The van der Waals surface area contributed by atoms with E-state index in [1.54, 1.807) is 0 Å². The molecule has 3 N–H and O–H groups in total. The third-order valence-corrected chi connectivity index (χ3v) is 4.22. The number of halogens is 1. The Labute approximate surface area is 184 Å². The lowest BCUT2D eigenvalue weighted by molar-refractivity contribution is -0.120. The van der Waals surface area contributed by atoms with E-state index in [1.807, 2.05) is 39.0 Å². The average Bonchev–Trinajstić information content (AvgIpc) is 2.98. The fraction of sp³-hybridized carbons (Fsp3) is 0.550. The normalized spacial score (nSPS) is 11.2. The molecule has 0 saturated heterocycles. The van der Waals surface area contributed by atoms with Gasteiger partial charge in [0.1, 0.15) is 5.82 Å². The van der Waals surface area contributed by atoms with Crippen molar-refractivity contribution in [1.82, 2.24) is 25.5 Å². The molecule has 0 fully saturated rings. The predicted octanol–water partition coefficient (Wildman–Crippen LogP) is 2.82. The fourth-order valence-electron chi connectivity index (χ4n) is 2.89. The molecule has 0 spiro atoms. The molecule has 1 aromatic carbocycles. The molecule has 0 unspecified atom stereocenters. The third kappa shape index (κ3) is 7.65. The first-order valence-electron chi connectivity index (χ1n) is 9.86. The van der Waals surface area contributed by atoms with E-state index in [1.165, 1.54) is 5.52 Å². The smallest absolute Gasteiger partial charge is 0.221 e. The number of amides is 1. The molecule has 0 aliphatic rings. The maximum atomic E-state index is 11.7. The van der Waals surface area contributed by atoms with Crippen molar-refractivity contribution in [2.75, 3.05) is 26.2 Å². The Bertz CT molecular complexity index is 758. The first-order chi connectivity index (χ1) is 13.2. The van der Waals surface area contributed by atoms with Gasteiger partial charge in [0.2, 0.25) is 5.91 Å². The van der Waals surface area contributed by atoms with Gasteiger partial charge in [-0.05, 0) is 38.8 Å². The molecule has 1 aromatic heterocycles. The second-order valence-electron chi connectivity index (χ2n) is 6.44.